The molecule has 2 rings (SSSR count). The maximum Gasteiger partial charge on any atom is 0.488 e. The number of hydrogen-bond acceptors (Lipinski definition) is 3. The molecule has 2 aromatic rings. The van der Waals surface area contributed by atoms with E-state index in [0.717, 1.165) is 11.6 Å². The van der Waals surface area contributed by atoms with Crippen LogP contribution in [0.4, 0.5) is 4.39 Å². The zero-order valence-electron chi connectivity index (χ0n) is 9.55. The van der Waals surface area contributed by atoms with Gasteiger partial charge in [-0.05, 0) is 29.6 Å². The van der Waals surface area contributed by atoms with E-state index in [0.29, 0.717) is 11.1 Å². The van der Waals surface area contributed by atoms with Gasteiger partial charge in [0.25, 0.3) is 0 Å². The number of rotatable bonds is 2. The highest BCUT2D eigenvalue weighted by atomic mass is 19.1. The molecule has 6 heteroatoms. The van der Waals surface area contributed by atoms with Crippen LogP contribution in [-0.2, 0) is 7.05 Å². The molecule has 0 aliphatic heterocycles. The van der Waals surface area contributed by atoms with E-state index in [1.165, 1.54) is 0 Å². The first-order valence-electron chi connectivity index (χ1n) is 5.14. The Bertz CT molecular complexity index is 554. The van der Waals surface area contributed by atoms with E-state index in [2.05, 4.69) is 5.10 Å². The van der Waals surface area contributed by atoms with E-state index >= 15 is 0 Å². The van der Waals surface area contributed by atoms with E-state index in [1.807, 2.05) is 0 Å². The largest absolute Gasteiger partial charge is 0.488 e. The van der Waals surface area contributed by atoms with Crippen LogP contribution in [0.3, 0.4) is 0 Å². The van der Waals surface area contributed by atoms with E-state index in [1.54, 1.807) is 37.1 Å². The van der Waals surface area contributed by atoms with Crippen molar-refractivity contribution >= 4 is 12.6 Å². The summed E-state index contributed by atoms with van der Waals surface area (Å²) < 4.78 is 15.2. The smallest absolute Gasteiger partial charge is 0.423 e. The summed E-state index contributed by atoms with van der Waals surface area (Å²) in [6, 6.07) is 2.68. The molecule has 0 bridgehead atoms. The standard InChI is InChI=1S/C11H12BFN2O2/c1-7-10(8-5-14-15(2)6-8)3-9(12(16)17)4-11(7)13/h3-6,16-17H,1-2H3. The lowest BCUT2D eigenvalue weighted by Gasteiger charge is -2.08. The van der Waals surface area contributed by atoms with Crippen LogP contribution < -0.4 is 5.46 Å². The molecule has 0 radical (unpaired) electrons. The number of hydrogen-bond donors (Lipinski definition) is 2. The maximum absolute atomic E-state index is 13.6. The van der Waals surface area contributed by atoms with Crippen molar-refractivity contribution < 1.29 is 14.4 Å². The number of halogens is 1. The number of aryl methyl sites for hydroxylation is 1. The maximum atomic E-state index is 13.6. The summed E-state index contributed by atoms with van der Waals surface area (Å²) in [5.41, 5.74) is 1.95. The van der Waals surface area contributed by atoms with Gasteiger partial charge >= 0.3 is 7.12 Å². The second-order valence-corrected chi connectivity index (χ2v) is 3.95. The minimum atomic E-state index is -1.68. The summed E-state index contributed by atoms with van der Waals surface area (Å²) in [5, 5.41) is 22.2. The number of aromatic nitrogens is 2. The average Bonchev–Trinajstić information content (AvgIpc) is 2.68. The van der Waals surface area contributed by atoms with Crippen LogP contribution in [0.25, 0.3) is 11.1 Å². The highest BCUT2D eigenvalue weighted by Gasteiger charge is 2.17. The van der Waals surface area contributed by atoms with Gasteiger partial charge < -0.3 is 10.0 Å². The molecule has 0 aliphatic carbocycles. The first-order valence-corrected chi connectivity index (χ1v) is 5.14. The Balaban J connectivity index is 2.60. The topological polar surface area (TPSA) is 58.3 Å². The minimum absolute atomic E-state index is 0.131. The second-order valence-electron chi connectivity index (χ2n) is 3.95. The number of nitrogens with zero attached hydrogens (tertiary/aromatic N) is 2. The summed E-state index contributed by atoms with van der Waals surface area (Å²) in [4.78, 5) is 0. The lowest BCUT2D eigenvalue weighted by atomic mass is 9.78. The third-order valence-electron chi connectivity index (χ3n) is 2.68. The molecule has 1 aromatic heterocycles. The molecule has 0 spiro atoms. The van der Waals surface area contributed by atoms with E-state index in [9.17, 15) is 4.39 Å². The Kier molecular flexibility index (Phi) is 3.00. The first kappa shape index (κ1) is 11.8. The summed E-state index contributed by atoms with van der Waals surface area (Å²) in [7, 11) is 0.0837. The van der Waals surface area contributed by atoms with Gasteiger partial charge in [-0.15, -0.1) is 0 Å². The molecule has 0 amide bonds. The highest BCUT2D eigenvalue weighted by molar-refractivity contribution is 6.58. The SMILES string of the molecule is Cc1c(F)cc(B(O)O)cc1-c1cnn(C)c1. The van der Waals surface area contributed by atoms with Crippen molar-refractivity contribution in [2.75, 3.05) is 0 Å². The summed E-state index contributed by atoms with van der Waals surface area (Å²) in [5.74, 6) is -0.463. The first-order chi connectivity index (χ1) is 7.99. The molecule has 0 fully saturated rings. The number of benzene rings is 1. The molecule has 0 atom stereocenters. The lowest BCUT2D eigenvalue weighted by molar-refractivity contribution is 0.425. The van der Waals surface area contributed by atoms with Crippen molar-refractivity contribution in [2.45, 2.75) is 6.92 Å². The Morgan fingerprint density at radius 1 is 1.35 bits per heavy atom. The Morgan fingerprint density at radius 2 is 2.06 bits per heavy atom. The van der Waals surface area contributed by atoms with E-state index < -0.39 is 12.9 Å². The van der Waals surface area contributed by atoms with E-state index in [-0.39, 0.29) is 5.46 Å². The summed E-state index contributed by atoms with van der Waals surface area (Å²) in [6.45, 7) is 1.64. The second kappa shape index (κ2) is 4.31. The predicted molar refractivity (Wildman–Crippen MR) is 63.2 cm³/mol. The van der Waals surface area contributed by atoms with E-state index in [4.69, 9.17) is 10.0 Å². The summed E-state index contributed by atoms with van der Waals surface area (Å²) in [6.07, 6.45) is 3.35. The molecule has 0 unspecified atom stereocenters. The van der Waals surface area contributed by atoms with Crippen LogP contribution in [0.1, 0.15) is 5.56 Å². The van der Waals surface area contributed by atoms with Gasteiger partial charge in [0.1, 0.15) is 5.82 Å². The normalized spacial score (nSPS) is 10.6. The van der Waals surface area contributed by atoms with Crippen molar-refractivity contribution in [3.05, 3.63) is 35.9 Å². The molecule has 0 saturated heterocycles. The fourth-order valence-corrected chi connectivity index (χ4v) is 1.71. The van der Waals surface area contributed by atoms with Gasteiger partial charge in [-0.1, -0.05) is 6.07 Å². The third kappa shape index (κ3) is 2.23. The summed E-state index contributed by atoms with van der Waals surface area (Å²) >= 11 is 0. The van der Waals surface area contributed by atoms with Crippen LogP contribution in [0.15, 0.2) is 24.5 Å². The molecule has 2 N–H and O–H groups in total. The van der Waals surface area contributed by atoms with Crippen LogP contribution in [0.2, 0.25) is 0 Å². The molecule has 0 aliphatic rings. The average molecular weight is 234 g/mol. The van der Waals surface area contributed by atoms with Crippen LogP contribution in [-0.4, -0.2) is 26.9 Å². The van der Waals surface area contributed by atoms with Crippen LogP contribution >= 0.6 is 0 Å². The molecular weight excluding hydrogens is 222 g/mol. The van der Waals surface area contributed by atoms with Gasteiger partial charge in [0, 0.05) is 18.8 Å². The molecule has 4 nitrogen and oxygen atoms in total. The van der Waals surface area contributed by atoms with Gasteiger partial charge in [0.15, 0.2) is 0 Å². The van der Waals surface area contributed by atoms with Crippen LogP contribution in [0.5, 0.6) is 0 Å². The van der Waals surface area contributed by atoms with Gasteiger partial charge in [-0.2, -0.15) is 5.10 Å². The van der Waals surface area contributed by atoms with Crippen molar-refractivity contribution in [3.63, 3.8) is 0 Å². The molecule has 1 heterocycles. The highest BCUT2D eigenvalue weighted by Crippen LogP contribution is 2.23. The molecule has 0 saturated carbocycles. The fraction of sp³-hybridized carbons (Fsp3) is 0.182. The molecule has 1 aromatic carbocycles. The molecule has 17 heavy (non-hydrogen) atoms. The monoisotopic (exact) mass is 234 g/mol. The van der Waals surface area contributed by atoms with Gasteiger partial charge in [0.05, 0.1) is 6.20 Å². The predicted octanol–water partition coefficient (Wildman–Crippen LogP) is 0.214. The van der Waals surface area contributed by atoms with Gasteiger partial charge in [0.2, 0.25) is 0 Å². The van der Waals surface area contributed by atoms with Crippen molar-refractivity contribution in [3.8, 4) is 11.1 Å². The quantitative estimate of drug-likeness (QED) is 0.730. The third-order valence-corrected chi connectivity index (χ3v) is 2.68. The van der Waals surface area contributed by atoms with Gasteiger partial charge in [-0.25, -0.2) is 4.39 Å². The van der Waals surface area contributed by atoms with Crippen molar-refractivity contribution in [1.29, 1.82) is 0 Å². The molecular formula is C11H12BFN2O2. The Hall–Kier alpha value is -1.66. The minimum Gasteiger partial charge on any atom is -0.423 e. The van der Waals surface area contributed by atoms with Crippen molar-refractivity contribution in [2.24, 2.45) is 7.05 Å². The van der Waals surface area contributed by atoms with Crippen molar-refractivity contribution in [1.82, 2.24) is 9.78 Å². The Morgan fingerprint density at radius 3 is 2.59 bits per heavy atom. The zero-order chi connectivity index (χ0) is 12.6. The lowest BCUT2D eigenvalue weighted by Crippen LogP contribution is -2.30. The van der Waals surface area contributed by atoms with Crippen LogP contribution in [0, 0.1) is 12.7 Å². The zero-order valence-corrected chi connectivity index (χ0v) is 9.55. The Labute approximate surface area is 98.5 Å². The molecule has 88 valence electrons. The van der Waals surface area contributed by atoms with Gasteiger partial charge in [-0.3, -0.25) is 4.68 Å². The fourth-order valence-electron chi connectivity index (χ4n) is 1.71.